The first-order valence-electron chi connectivity index (χ1n) is 5.33. The molecule has 2 aromatic heterocycles. The number of hydrogen-bond donors (Lipinski definition) is 2. The third-order valence-electron chi connectivity index (χ3n) is 2.81. The quantitative estimate of drug-likeness (QED) is 0.748. The fraction of sp³-hybridized carbons (Fsp3) is 0.273. The van der Waals surface area contributed by atoms with Crippen molar-refractivity contribution in [1.82, 2.24) is 14.5 Å². The zero-order valence-corrected chi connectivity index (χ0v) is 8.73. The highest BCUT2D eigenvalue weighted by Gasteiger charge is 2.20. The Labute approximate surface area is 92.5 Å². The summed E-state index contributed by atoms with van der Waals surface area (Å²) in [6.07, 6.45) is 3.73. The van der Waals surface area contributed by atoms with E-state index in [0.717, 1.165) is 43.1 Å². The molecule has 0 fully saturated rings. The van der Waals surface area contributed by atoms with Crippen molar-refractivity contribution in [1.29, 1.82) is 0 Å². The van der Waals surface area contributed by atoms with Crippen LogP contribution >= 0.6 is 0 Å². The predicted octanol–water partition coefficient (Wildman–Crippen LogP) is 1.51. The lowest BCUT2D eigenvalue weighted by Crippen LogP contribution is -2.18. The van der Waals surface area contributed by atoms with Gasteiger partial charge in [-0.3, -0.25) is 4.79 Å². The van der Waals surface area contributed by atoms with Gasteiger partial charge in [0, 0.05) is 19.3 Å². The monoisotopic (exact) mass is 216 g/mol. The highest BCUT2D eigenvalue weighted by Crippen LogP contribution is 2.26. The maximum Gasteiger partial charge on any atom is 0.204 e. The Hall–Kier alpha value is -2.04. The number of carbonyl (C=O) groups is 1. The molecule has 0 aromatic carbocycles. The van der Waals surface area contributed by atoms with Gasteiger partial charge in [0.2, 0.25) is 5.95 Å². The second-order valence-corrected chi connectivity index (χ2v) is 3.80. The van der Waals surface area contributed by atoms with E-state index < -0.39 is 0 Å². The summed E-state index contributed by atoms with van der Waals surface area (Å²) < 4.78 is 1.94. The van der Waals surface area contributed by atoms with Gasteiger partial charge in [-0.25, -0.2) is 4.98 Å². The van der Waals surface area contributed by atoms with Gasteiger partial charge in [0.05, 0.1) is 5.69 Å². The Balaban J connectivity index is 2.18. The zero-order chi connectivity index (χ0) is 11.0. The van der Waals surface area contributed by atoms with E-state index in [1.807, 2.05) is 22.9 Å². The number of aromatic nitrogens is 3. The smallest absolute Gasteiger partial charge is 0.204 e. The summed E-state index contributed by atoms with van der Waals surface area (Å²) in [7, 11) is 0. The summed E-state index contributed by atoms with van der Waals surface area (Å²) in [5.74, 6) is 0.790. The van der Waals surface area contributed by atoms with E-state index in [0.29, 0.717) is 5.69 Å². The van der Waals surface area contributed by atoms with Gasteiger partial charge < -0.3 is 14.9 Å². The van der Waals surface area contributed by atoms with Gasteiger partial charge in [0.25, 0.3) is 0 Å². The molecule has 0 atom stereocenters. The van der Waals surface area contributed by atoms with Crippen LogP contribution in [0.4, 0.5) is 5.95 Å². The Kier molecular flexibility index (Phi) is 2.02. The maximum atomic E-state index is 11.2. The second kappa shape index (κ2) is 3.52. The largest absolute Gasteiger partial charge is 0.360 e. The molecule has 0 saturated carbocycles. The highest BCUT2D eigenvalue weighted by molar-refractivity contribution is 5.84. The molecule has 0 radical (unpaired) electrons. The van der Waals surface area contributed by atoms with Crippen molar-refractivity contribution in [2.24, 2.45) is 0 Å². The van der Waals surface area contributed by atoms with E-state index in [-0.39, 0.29) is 0 Å². The summed E-state index contributed by atoms with van der Waals surface area (Å²) in [4.78, 5) is 18.7. The minimum Gasteiger partial charge on any atom is -0.360 e. The van der Waals surface area contributed by atoms with E-state index >= 15 is 0 Å². The number of H-pyrrole nitrogens is 1. The molecule has 5 nitrogen and oxygen atoms in total. The van der Waals surface area contributed by atoms with E-state index in [2.05, 4.69) is 15.3 Å². The predicted molar refractivity (Wildman–Crippen MR) is 60.5 cm³/mol. The van der Waals surface area contributed by atoms with Gasteiger partial charge in [-0.15, -0.1) is 0 Å². The van der Waals surface area contributed by atoms with Crippen LogP contribution in [0.1, 0.15) is 16.9 Å². The van der Waals surface area contributed by atoms with Crippen LogP contribution in [0.2, 0.25) is 0 Å². The highest BCUT2D eigenvalue weighted by atomic mass is 16.1. The second-order valence-electron chi connectivity index (χ2n) is 3.80. The van der Waals surface area contributed by atoms with Gasteiger partial charge in [-0.05, 0) is 18.6 Å². The Morgan fingerprint density at radius 3 is 3.19 bits per heavy atom. The van der Waals surface area contributed by atoms with Crippen molar-refractivity contribution >= 4 is 12.2 Å². The van der Waals surface area contributed by atoms with Crippen LogP contribution in [-0.2, 0) is 6.54 Å². The summed E-state index contributed by atoms with van der Waals surface area (Å²) in [6, 6.07) is 3.82. The lowest BCUT2D eigenvalue weighted by molar-refractivity contribution is 0.111. The fourth-order valence-corrected chi connectivity index (χ4v) is 2.06. The number of rotatable bonds is 2. The number of aromatic amines is 1. The number of carbonyl (C=O) groups excluding carboxylic acids is 1. The average molecular weight is 216 g/mol. The minimum atomic E-state index is 0.643. The number of nitrogens with zero attached hydrogens (tertiary/aromatic N) is 2. The van der Waals surface area contributed by atoms with Crippen molar-refractivity contribution < 1.29 is 4.79 Å². The van der Waals surface area contributed by atoms with Crippen LogP contribution in [0.25, 0.3) is 11.4 Å². The van der Waals surface area contributed by atoms with Crippen LogP contribution in [0, 0.1) is 0 Å². The van der Waals surface area contributed by atoms with Gasteiger partial charge in [0.15, 0.2) is 6.29 Å². The van der Waals surface area contributed by atoms with Crippen molar-refractivity contribution in [3.63, 3.8) is 0 Å². The van der Waals surface area contributed by atoms with Crippen molar-refractivity contribution in [2.45, 2.75) is 13.0 Å². The molecule has 16 heavy (non-hydrogen) atoms. The summed E-state index contributed by atoms with van der Waals surface area (Å²) in [5, 5.41) is 3.20. The lowest BCUT2D eigenvalue weighted by Gasteiger charge is -2.15. The van der Waals surface area contributed by atoms with E-state index in [1.165, 1.54) is 0 Å². The summed E-state index contributed by atoms with van der Waals surface area (Å²) in [6.45, 7) is 1.77. The van der Waals surface area contributed by atoms with Gasteiger partial charge >= 0.3 is 0 Å². The van der Waals surface area contributed by atoms with Crippen molar-refractivity contribution in [2.75, 3.05) is 11.9 Å². The molecule has 0 spiro atoms. The molecule has 1 aliphatic heterocycles. The number of hydrogen-bond acceptors (Lipinski definition) is 3. The van der Waals surface area contributed by atoms with Crippen LogP contribution in [0.5, 0.6) is 0 Å². The van der Waals surface area contributed by atoms with E-state index in [4.69, 9.17) is 0 Å². The first-order chi connectivity index (χ1) is 7.90. The number of anilines is 1. The number of imidazole rings is 1. The van der Waals surface area contributed by atoms with E-state index in [1.54, 1.807) is 0 Å². The third kappa shape index (κ3) is 1.25. The molecule has 0 unspecified atom stereocenters. The molecule has 2 aromatic rings. The molecule has 2 N–H and O–H groups in total. The van der Waals surface area contributed by atoms with Crippen LogP contribution in [0.3, 0.4) is 0 Å². The fourth-order valence-electron chi connectivity index (χ4n) is 2.06. The van der Waals surface area contributed by atoms with E-state index in [9.17, 15) is 4.79 Å². The number of nitrogens with one attached hydrogen (secondary N) is 2. The van der Waals surface area contributed by atoms with Crippen LogP contribution < -0.4 is 5.32 Å². The standard InChI is InChI=1S/C11H12N4O/c16-7-9-10(8-3-1-4-12-8)14-11-13-5-2-6-15(9)11/h1,3-4,7,12H,2,5-6H2,(H,13,14). The molecule has 0 aliphatic carbocycles. The molecule has 82 valence electrons. The van der Waals surface area contributed by atoms with Crippen LogP contribution in [0.15, 0.2) is 18.3 Å². The van der Waals surface area contributed by atoms with Crippen molar-refractivity contribution in [3.8, 4) is 11.4 Å². The molecular formula is C11H12N4O. The SMILES string of the molecule is O=Cc1c(-c2ccc[nH]2)nc2n1CCCN2. The molecule has 3 rings (SSSR count). The summed E-state index contributed by atoms with van der Waals surface area (Å²) >= 11 is 0. The Bertz CT molecular complexity index is 512. The molecule has 0 saturated heterocycles. The topological polar surface area (TPSA) is 62.7 Å². The van der Waals surface area contributed by atoms with Gasteiger partial charge in [-0.1, -0.05) is 0 Å². The first-order valence-corrected chi connectivity index (χ1v) is 5.33. The van der Waals surface area contributed by atoms with Gasteiger partial charge in [-0.2, -0.15) is 0 Å². The maximum absolute atomic E-state index is 11.2. The molecule has 0 bridgehead atoms. The number of aldehydes is 1. The summed E-state index contributed by atoms with van der Waals surface area (Å²) in [5.41, 5.74) is 2.25. The molecule has 1 aliphatic rings. The van der Waals surface area contributed by atoms with Crippen LogP contribution in [-0.4, -0.2) is 27.4 Å². The third-order valence-corrected chi connectivity index (χ3v) is 2.81. The minimum absolute atomic E-state index is 0.643. The number of fused-ring (bicyclic) bond motifs is 1. The molecule has 3 heterocycles. The normalized spacial score (nSPS) is 14.2. The zero-order valence-electron chi connectivity index (χ0n) is 8.73. The molecular weight excluding hydrogens is 204 g/mol. The molecule has 5 heteroatoms. The van der Waals surface area contributed by atoms with Crippen molar-refractivity contribution in [3.05, 3.63) is 24.0 Å². The lowest BCUT2D eigenvalue weighted by atomic mass is 10.2. The Morgan fingerprint density at radius 2 is 2.44 bits per heavy atom. The first kappa shape index (κ1) is 9.21. The average Bonchev–Trinajstić information content (AvgIpc) is 2.95. The van der Waals surface area contributed by atoms with Gasteiger partial charge in [0.1, 0.15) is 11.4 Å². The Morgan fingerprint density at radius 1 is 1.50 bits per heavy atom. The molecule has 0 amide bonds.